The van der Waals surface area contributed by atoms with Gasteiger partial charge in [-0.15, -0.1) is 11.3 Å². The van der Waals surface area contributed by atoms with Crippen molar-refractivity contribution in [3.8, 4) is 10.6 Å². The standard InChI is InChI=1S/C17H15ClN2O3S2/c18-13-4-2-1-3-12(13)9-20-25(21,22)16-8-7-15(24-16)14-10-19-17(23-14)11-5-6-11/h1-4,7-8,10-11,20H,5-6,9H2. The monoisotopic (exact) mass is 394 g/mol. The second kappa shape index (κ2) is 6.57. The van der Waals surface area contributed by atoms with Crippen LogP contribution in [-0.2, 0) is 16.6 Å². The summed E-state index contributed by atoms with van der Waals surface area (Å²) in [6.45, 7) is 0.142. The van der Waals surface area contributed by atoms with Crippen molar-refractivity contribution >= 4 is 33.0 Å². The number of hydrogen-bond donors (Lipinski definition) is 1. The third-order valence-corrected chi connectivity index (χ3v) is 7.31. The Morgan fingerprint density at radius 1 is 1.24 bits per heavy atom. The van der Waals surface area contributed by atoms with Gasteiger partial charge in [-0.2, -0.15) is 0 Å². The number of thiophene rings is 1. The molecule has 0 aliphatic heterocycles. The second-order valence-electron chi connectivity index (χ2n) is 5.87. The average Bonchev–Trinajstić information content (AvgIpc) is 3.12. The lowest BCUT2D eigenvalue weighted by atomic mass is 10.2. The van der Waals surface area contributed by atoms with Gasteiger partial charge in [-0.1, -0.05) is 29.8 Å². The third kappa shape index (κ3) is 3.64. The van der Waals surface area contributed by atoms with E-state index in [1.165, 1.54) is 0 Å². The largest absolute Gasteiger partial charge is 0.440 e. The van der Waals surface area contributed by atoms with Gasteiger partial charge in [-0.25, -0.2) is 18.1 Å². The molecule has 1 saturated carbocycles. The van der Waals surface area contributed by atoms with Crippen LogP contribution >= 0.6 is 22.9 Å². The predicted octanol–water partition coefficient (Wildman–Crippen LogP) is 4.41. The molecular weight excluding hydrogens is 380 g/mol. The summed E-state index contributed by atoms with van der Waals surface area (Å²) in [5.41, 5.74) is 0.730. The highest BCUT2D eigenvalue weighted by Crippen LogP contribution is 2.41. The zero-order chi connectivity index (χ0) is 17.4. The van der Waals surface area contributed by atoms with E-state index in [1.807, 2.05) is 6.07 Å². The Balaban J connectivity index is 1.50. The molecule has 3 aromatic rings. The molecule has 25 heavy (non-hydrogen) atoms. The SMILES string of the molecule is O=S(=O)(NCc1ccccc1Cl)c1ccc(-c2cnc(C3CC3)o2)s1. The fourth-order valence-electron chi connectivity index (χ4n) is 2.40. The molecule has 2 aromatic heterocycles. The Kier molecular flexibility index (Phi) is 4.41. The number of sulfonamides is 1. The van der Waals surface area contributed by atoms with Crippen LogP contribution < -0.4 is 4.72 Å². The van der Waals surface area contributed by atoms with Crippen molar-refractivity contribution in [1.82, 2.24) is 9.71 Å². The van der Waals surface area contributed by atoms with E-state index in [9.17, 15) is 8.42 Å². The van der Waals surface area contributed by atoms with Crippen LogP contribution in [0.2, 0.25) is 5.02 Å². The number of nitrogens with one attached hydrogen (secondary N) is 1. The molecule has 1 fully saturated rings. The van der Waals surface area contributed by atoms with Gasteiger partial charge < -0.3 is 4.42 Å². The van der Waals surface area contributed by atoms with Crippen molar-refractivity contribution in [3.05, 3.63) is 59.1 Å². The van der Waals surface area contributed by atoms with E-state index in [2.05, 4.69) is 9.71 Å². The molecule has 130 valence electrons. The maximum Gasteiger partial charge on any atom is 0.250 e. The van der Waals surface area contributed by atoms with Crippen LogP contribution in [-0.4, -0.2) is 13.4 Å². The number of rotatable bonds is 6. The molecule has 2 heterocycles. The van der Waals surface area contributed by atoms with Gasteiger partial charge >= 0.3 is 0 Å². The molecule has 1 N–H and O–H groups in total. The molecule has 0 atom stereocenters. The molecule has 1 aromatic carbocycles. The van der Waals surface area contributed by atoms with E-state index in [0.29, 0.717) is 16.7 Å². The number of aromatic nitrogens is 1. The summed E-state index contributed by atoms with van der Waals surface area (Å²) in [7, 11) is -3.61. The van der Waals surface area contributed by atoms with E-state index in [1.54, 1.807) is 36.5 Å². The van der Waals surface area contributed by atoms with E-state index >= 15 is 0 Å². The molecule has 0 radical (unpaired) electrons. The summed E-state index contributed by atoms with van der Waals surface area (Å²) in [6, 6.07) is 10.5. The van der Waals surface area contributed by atoms with Crippen molar-refractivity contribution in [2.75, 3.05) is 0 Å². The van der Waals surface area contributed by atoms with Gasteiger partial charge in [0, 0.05) is 17.5 Å². The van der Waals surface area contributed by atoms with Crippen molar-refractivity contribution in [2.24, 2.45) is 0 Å². The highest BCUT2D eigenvalue weighted by atomic mass is 35.5. The smallest absolute Gasteiger partial charge is 0.250 e. The van der Waals surface area contributed by atoms with Crippen molar-refractivity contribution < 1.29 is 12.8 Å². The number of halogens is 1. The summed E-state index contributed by atoms with van der Waals surface area (Å²) in [5.74, 6) is 1.78. The number of benzene rings is 1. The molecule has 1 aliphatic rings. The number of nitrogens with zero attached hydrogens (tertiary/aromatic N) is 1. The van der Waals surface area contributed by atoms with Crippen LogP contribution in [0.15, 0.2) is 51.2 Å². The quantitative estimate of drug-likeness (QED) is 0.672. The van der Waals surface area contributed by atoms with Gasteiger partial charge in [-0.05, 0) is 36.6 Å². The Morgan fingerprint density at radius 3 is 2.80 bits per heavy atom. The molecule has 0 spiro atoms. The Morgan fingerprint density at radius 2 is 2.04 bits per heavy atom. The Hall–Kier alpha value is -1.67. The molecule has 0 saturated heterocycles. The topological polar surface area (TPSA) is 72.2 Å². The molecular formula is C17H15ClN2O3S2. The first-order valence-electron chi connectivity index (χ1n) is 7.82. The number of oxazole rings is 1. The first-order valence-corrected chi connectivity index (χ1v) is 10.5. The van der Waals surface area contributed by atoms with Crippen LogP contribution in [0.1, 0.15) is 30.2 Å². The Bertz CT molecular complexity index is 1010. The van der Waals surface area contributed by atoms with Crippen LogP contribution in [0.25, 0.3) is 10.6 Å². The fourth-order valence-corrected chi connectivity index (χ4v) is 4.91. The highest BCUT2D eigenvalue weighted by molar-refractivity contribution is 7.91. The maximum absolute atomic E-state index is 12.5. The van der Waals surface area contributed by atoms with E-state index in [-0.39, 0.29) is 10.8 Å². The average molecular weight is 395 g/mol. The van der Waals surface area contributed by atoms with Gasteiger partial charge in [0.25, 0.3) is 0 Å². The van der Waals surface area contributed by atoms with Crippen LogP contribution in [0.4, 0.5) is 0 Å². The molecule has 0 bridgehead atoms. The summed E-state index contributed by atoms with van der Waals surface area (Å²) in [4.78, 5) is 5.02. The highest BCUT2D eigenvalue weighted by Gasteiger charge is 2.29. The molecule has 0 unspecified atom stereocenters. The van der Waals surface area contributed by atoms with Crippen LogP contribution in [0, 0.1) is 0 Å². The molecule has 8 heteroatoms. The lowest BCUT2D eigenvalue weighted by Crippen LogP contribution is -2.22. The fraction of sp³-hybridized carbons (Fsp3) is 0.235. The van der Waals surface area contributed by atoms with Crippen LogP contribution in [0.3, 0.4) is 0 Å². The van der Waals surface area contributed by atoms with Gasteiger partial charge in [0.15, 0.2) is 11.7 Å². The van der Waals surface area contributed by atoms with E-state index < -0.39 is 10.0 Å². The van der Waals surface area contributed by atoms with Crippen molar-refractivity contribution in [2.45, 2.75) is 29.5 Å². The van der Waals surface area contributed by atoms with E-state index in [4.69, 9.17) is 16.0 Å². The van der Waals surface area contributed by atoms with Gasteiger partial charge in [0.1, 0.15) is 4.21 Å². The van der Waals surface area contributed by atoms with Gasteiger partial charge in [0.05, 0.1) is 11.1 Å². The first kappa shape index (κ1) is 16.8. The summed E-state index contributed by atoms with van der Waals surface area (Å²) in [5, 5.41) is 0.534. The predicted molar refractivity (Wildman–Crippen MR) is 97.3 cm³/mol. The lowest BCUT2D eigenvalue weighted by molar-refractivity contribution is 0.510. The maximum atomic E-state index is 12.5. The minimum absolute atomic E-state index is 0.142. The van der Waals surface area contributed by atoms with Crippen molar-refractivity contribution in [3.63, 3.8) is 0 Å². The first-order chi connectivity index (χ1) is 12.0. The molecule has 4 rings (SSSR count). The third-order valence-electron chi connectivity index (χ3n) is 3.95. The molecule has 1 aliphatic carbocycles. The normalized spacial score (nSPS) is 14.8. The molecule has 0 amide bonds. The Labute approximate surface area is 154 Å². The van der Waals surface area contributed by atoms with E-state index in [0.717, 1.165) is 40.5 Å². The zero-order valence-electron chi connectivity index (χ0n) is 13.1. The molecule has 5 nitrogen and oxygen atoms in total. The minimum atomic E-state index is -3.61. The number of hydrogen-bond acceptors (Lipinski definition) is 5. The minimum Gasteiger partial charge on any atom is -0.440 e. The van der Waals surface area contributed by atoms with Crippen molar-refractivity contribution in [1.29, 1.82) is 0 Å². The lowest BCUT2D eigenvalue weighted by Gasteiger charge is -2.06. The van der Waals surface area contributed by atoms with Crippen LogP contribution in [0.5, 0.6) is 0 Å². The summed E-state index contributed by atoms with van der Waals surface area (Å²) >= 11 is 7.23. The summed E-state index contributed by atoms with van der Waals surface area (Å²) in [6.07, 6.45) is 3.87. The zero-order valence-corrected chi connectivity index (χ0v) is 15.5. The van der Waals surface area contributed by atoms with Gasteiger partial charge in [-0.3, -0.25) is 0 Å². The summed E-state index contributed by atoms with van der Waals surface area (Å²) < 4.78 is 33.5. The second-order valence-corrected chi connectivity index (χ2v) is 9.36. The van der Waals surface area contributed by atoms with Gasteiger partial charge in [0.2, 0.25) is 10.0 Å².